The molecule has 0 aromatic heterocycles. The van der Waals surface area contributed by atoms with E-state index in [4.69, 9.17) is 4.74 Å². The van der Waals surface area contributed by atoms with Crippen LogP contribution in [-0.2, 0) is 4.74 Å². The molecule has 0 aliphatic rings. The number of nitrogens with zero attached hydrogens (tertiary/aromatic N) is 1. The SMILES string of the molecule is CCC(C)N(CC)CC(O)CNCCOC. The number of methoxy groups -OCH3 is 1. The summed E-state index contributed by atoms with van der Waals surface area (Å²) in [5.74, 6) is 0. The van der Waals surface area contributed by atoms with E-state index in [1.165, 1.54) is 0 Å². The van der Waals surface area contributed by atoms with E-state index in [-0.39, 0.29) is 6.10 Å². The second-order valence-electron chi connectivity index (χ2n) is 4.20. The summed E-state index contributed by atoms with van der Waals surface area (Å²) in [6.07, 6.45) is 0.823. The van der Waals surface area contributed by atoms with Crippen LogP contribution in [0.15, 0.2) is 0 Å². The number of likely N-dealkylation sites (N-methyl/N-ethyl adjacent to an activating group) is 1. The molecular weight excluding hydrogens is 204 g/mol. The highest BCUT2D eigenvalue weighted by Crippen LogP contribution is 2.03. The quantitative estimate of drug-likeness (QED) is 0.544. The molecule has 0 spiro atoms. The number of aliphatic hydroxyl groups excluding tert-OH is 1. The fourth-order valence-corrected chi connectivity index (χ4v) is 1.66. The van der Waals surface area contributed by atoms with Gasteiger partial charge in [0.1, 0.15) is 0 Å². The molecule has 0 fully saturated rings. The Balaban J connectivity index is 3.69. The number of aliphatic hydroxyl groups is 1. The van der Waals surface area contributed by atoms with Gasteiger partial charge in [-0.05, 0) is 19.9 Å². The third kappa shape index (κ3) is 7.17. The molecule has 0 rings (SSSR count). The molecule has 0 bridgehead atoms. The Morgan fingerprint density at radius 3 is 2.56 bits per heavy atom. The van der Waals surface area contributed by atoms with E-state index in [0.29, 0.717) is 19.2 Å². The molecule has 4 heteroatoms. The molecule has 0 aromatic rings. The third-order valence-corrected chi connectivity index (χ3v) is 2.93. The van der Waals surface area contributed by atoms with Crippen LogP contribution in [0.2, 0.25) is 0 Å². The van der Waals surface area contributed by atoms with Crippen LogP contribution in [0, 0.1) is 0 Å². The van der Waals surface area contributed by atoms with E-state index in [1.807, 2.05) is 0 Å². The summed E-state index contributed by atoms with van der Waals surface area (Å²) >= 11 is 0. The highest BCUT2D eigenvalue weighted by Gasteiger charge is 2.14. The number of rotatable bonds is 10. The van der Waals surface area contributed by atoms with Crippen LogP contribution in [0.3, 0.4) is 0 Å². The molecule has 4 nitrogen and oxygen atoms in total. The largest absolute Gasteiger partial charge is 0.390 e. The molecule has 2 unspecified atom stereocenters. The zero-order valence-corrected chi connectivity index (χ0v) is 11.2. The Labute approximate surface area is 100.0 Å². The fraction of sp³-hybridized carbons (Fsp3) is 1.00. The van der Waals surface area contributed by atoms with Gasteiger partial charge in [-0.3, -0.25) is 4.90 Å². The number of nitrogens with one attached hydrogen (secondary N) is 1. The van der Waals surface area contributed by atoms with Crippen LogP contribution in [-0.4, -0.2) is 62.0 Å². The molecule has 0 amide bonds. The van der Waals surface area contributed by atoms with Crippen molar-refractivity contribution in [1.82, 2.24) is 10.2 Å². The van der Waals surface area contributed by atoms with Crippen LogP contribution in [0.25, 0.3) is 0 Å². The summed E-state index contributed by atoms with van der Waals surface area (Å²) in [4.78, 5) is 2.31. The summed E-state index contributed by atoms with van der Waals surface area (Å²) in [6.45, 7) is 10.4. The molecule has 98 valence electrons. The lowest BCUT2D eigenvalue weighted by molar-refractivity contribution is 0.0906. The zero-order chi connectivity index (χ0) is 12.4. The first-order valence-corrected chi connectivity index (χ1v) is 6.27. The van der Waals surface area contributed by atoms with Gasteiger partial charge in [-0.15, -0.1) is 0 Å². The molecule has 0 saturated heterocycles. The van der Waals surface area contributed by atoms with Crippen molar-refractivity contribution in [2.45, 2.75) is 39.3 Å². The third-order valence-electron chi connectivity index (χ3n) is 2.93. The van der Waals surface area contributed by atoms with Crippen molar-refractivity contribution >= 4 is 0 Å². The summed E-state index contributed by atoms with van der Waals surface area (Å²) in [6, 6.07) is 0.540. The second-order valence-corrected chi connectivity index (χ2v) is 4.20. The van der Waals surface area contributed by atoms with Gasteiger partial charge in [-0.1, -0.05) is 13.8 Å². The van der Waals surface area contributed by atoms with Crippen molar-refractivity contribution in [3.8, 4) is 0 Å². The normalized spacial score (nSPS) is 15.4. The molecule has 0 aliphatic heterocycles. The number of hydrogen-bond donors (Lipinski definition) is 2. The first kappa shape index (κ1) is 15.8. The summed E-state index contributed by atoms with van der Waals surface area (Å²) in [5.41, 5.74) is 0. The average molecular weight is 232 g/mol. The predicted molar refractivity (Wildman–Crippen MR) is 67.8 cm³/mol. The smallest absolute Gasteiger partial charge is 0.0791 e. The van der Waals surface area contributed by atoms with E-state index >= 15 is 0 Å². The highest BCUT2D eigenvalue weighted by molar-refractivity contribution is 4.70. The molecule has 0 radical (unpaired) electrons. The predicted octanol–water partition coefficient (Wildman–Crippen LogP) is 0.704. The maximum atomic E-state index is 9.85. The highest BCUT2D eigenvalue weighted by atomic mass is 16.5. The fourth-order valence-electron chi connectivity index (χ4n) is 1.66. The van der Waals surface area contributed by atoms with E-state index in [2.05, 4.69) is 31.0 Å². The molecule has 2 atom stereocenters. The Bertz CT molecular complexity index is 156. The Morgan fingerprint density at radius 2 is 2.06 bits per heavy atom. The lowest BCUT2D eigenvalue weighted by Crippen LogP contribution is -2.42. The van der Waals surface area contributed by atoms with Gasteiger partial charge in [-0.25, -0.2) is 0 Å². The number of ether oxygens (including phenoxy) is 1. The lowest BCUT2D eigenvalue weighted by Gasteiger charge is -2.29. The van der Waals surface area contributed by atoms with Gasteiger partial charge in [0.2, 0.25) is 0 Å². The van der Waals surface area contributed by atoms with Crippen molar-refractivity contribution in [3.63, 3.8) is 0 Å². The van der Waals surface area contributed by atoms with Crippen molar-refractivity contribution in [2.24, 2.45) is 0 Å². The maximum absolute atomic E-state index is 9.85. The molecule has 16 heavy (non-hydrogen) atoms. The topological polar surface area (TPSA) is 44.7 Å². The van der Waals surface area contributed by atoms with Crippen LogP contribution in [0.5, 0.6) is 0 Å². The van der Waals surface area contributed by atoms with Gasteiger partial charge in [-0.2, -0.15) is 0 Å². The minimum atomic E-state index is -0.300. The first-order valence-electron chi connectivity index (χ1n) is 6.27. The van der Waals surface area contributed by atoms with Crippen LogP contribution >= 0.6 is 0 Å². The average Bonchev–Trinajstić information content (AvgIpc) is 2.30. The van der Waals surface area contributed by atoms with Gasteiger partial charge in [0.05, 0.1) is 12.7 Å². The molecule has 0 aromatic carbocycles. The van der Waals surface area contributed by atoms with Crippen molar-refractivity contribution < 1.29 is 9.84 Å². The minimum absolute atomic E-state index is 0.300. The first-order chi connectivity index (χ1) is 7.65. The molecule has 0 aliphatic carbocycles. The van der Waals surface area contributed by atoms with Crippen molar-refractivity contribution in [2.75, 3.05) is 39.9 Å². The molecular formula is C12H28N2O2. The van der Waals surface area contributed by atoms with Gasteiger partial charge < -0.3 is 15.2 Å². The lowest BCUT2D eigenvalue weighted by atomic mass is 10.2. The zero-order valence-electron chi connectivity index (χ0n) is 11.2. The second kappa shape index (κ2) is 10.0. The Hall–Kier alpha value is -0.160. The standard InChI is InChI=1S/C12H28N2O2/c1-5-11(3)14(6-2)10-12(15)9-13-7-8-16-4/h11-13,15H,5-10H2,1-4H3. The van der Waals surface area contributed by atoms with E-state index in [0.717, 1.165) is 26.1 Å². The van der Waals surface area contributed by atoms with Gasteiger partial charge in [0.15, 0.2) is 0 Å². The Morgan fingerprint density at radius 1 is 1.38 bits per heavy atom. The van der Waals surface area contributed by atoms with Crippen LogP contribution in [0.1, 0.15) is 27.2 Å². The van der Waals surface area contributed by atoms with Gasteiger partial charge in [0, 0.05) is 32.8 Å². The number of hydrogen-bond acceptors (Lipinski definition) is 4. The van der Waals surface area contributed by atoms with Crippen LogP contribution in [0.4, 0.5) is 0 Å². The van der Waals surface area contributed by atoms with Gasteiger partial charge >= 0.3 is 0 Å². The van der Waals surface area contributed by atoms with Gasteiger partial charge in [0.25, 0.3) is 0 Å². The van der Waals surface area contributed by atoms with Crippen LogP contribution < -0.4 is 5.32 Å². The Kier molecular flexibility index (Phi) is 9.92. The van der Waals surface area contributed by atoms with E-state index in [9.17, 15) is 5.11 Å². The van der Waals surface area contributed by atoms with Crippen molar-refractivity contribution in [1.29, 1.82) is 0 Å². The molecule has 2 N–H and O–H groups in total. The van der Waals surface area contributed by atoms with E-state index in [1.54, 1.807) is 7.11 Å². The minimum Gasteiger partial charge on any atom is -0.390 e. The summed E-state index contributed by atoms with van der Waals surface area (Å²) in [7, 11) is 1.68. The summed E-state index contributed by atoms with van der Waals surface area (Å²) < 4.78 is 4.93. The van der Waals surface area contributed by atoms with E-state index < -0.39 is 0 Å². The monoisotopic (exact) mass is 232 g/mol. The molecule has 0 saturated carbocycles. The molecule has 0 heterocycles. The summed E-state index contributed by atoms with van der Waals surface area (Å²) in [5, 5.41) is 13.0. The maximum Gasteiger partial charge on any atom is 0.0791 e. The van der Waals surface area contributed by atoms with Crippen molar-refractivity contribution in [3.05, 3.63) is 0 Å².